The van der Waals surface area contributed by atoms with E-state index >= 15 is 0 Å². The Morgan fingerprint density at radius 3 is 1.50 bits per heavy atom. The molecule has 8 nitrogen and oxygen atoms in total. The fourth-order valence-corrected chi connectivity index (χ4v) is 2.19. The lowest BCUT2D eigenvalue weighted by atomic mass is 10.1. The first-order chi connectivity index (χ1) is 9.40. The van der Waals surface area contributed by atoms with Gasteiger partial charge in [-0.1, -0.05) is 0 Å². The van der Waals surface area contributed by atoms with E-state index in [1.807, 2.05) is 0 Å². The van der Waals surface area contributed by atoms with E-state index in [4.69, 9.17) is 0 Å². The van der Waals surface area contributed by atoms with Crippen LogP contribution in [0.4, 0.5) is 0 Å². The Morgan fingerprint density at radius 1 is 0.800 bits per heavy atom. The van der Waals surface area contributed by atoms with Gasteiger partial charge in [-0.25, -0.2) is 9.97 Å². The molecule has 20 heavy (non-hydrogen) atoms. The number of phenolic OH excluding ortho intramolecular Hbond substituents is 2. The first-order valence-electron chi connectivity index (χ1n) is 5.75. The molecule has 0 aliphatic carbocycles. The van der Waals surface area contributed by atoms with E-state index in [0.29, 0.717) is 0 Å². The Morgan fingerprint density at radius 2 is 1.15 bits per heavy atom. The second kappa shape index (κ2) is 3.80. The molecule has 102 valence electrons. The summed E-state index contributed by atoms with van der Waals surface area (Å²) in [6, 6.07) is 0. The molecular weight excluding hydrogens is 264 g/mol. The minimum Gasteiger partial charge on any atom is -0.505 e. The summed E-state index contributed by atoms with van der Waals surface area (Å²) in [7, 11) is 0. The average Bonchev–Trinajstić information content (AvgIpc) is 2.34. The lowest BCUT2D eigenvalue weighted by Gasteiger charge is -2.08. The monoisotopic (exact) mass is 274 g/mol. The van der Waals surface area contributed by atoms with E-state index in [-0.39, 0.29) is 33.5 Å². The summed E-state index contributed by atoms with van der Waals surface area (Å²) in [5.74, 6) is -0.437. The molecule has 0 aliphatic heterocycles. The molecule has 0 aliphatic rings. The largest absolute Gasteiger partial charge is 0.505 e. The number of aryl methyl sites for hydroxylation is 2. The molecule has 2 heterocycles. The van der Waals surface area contributed by atoms with Crippen molar-refractivity contribution in [3.63, 3.8) is 0 Å². The van der Waals surface area contributed by atoms with Crippen molar-refractivity contribution in [1.82, 2.24) is 19.9 Å². The van der Waals surface area contributed by atoms with Crippen LogP contribution in [-0.4, -0.2) is 30.1 Å². The van der Waals surface area contributed by atoms with Crippen LogP contribution < -0.4 is 11.1 Å². The van der Waals surface area contributed by atoms with Crippen LogP contribution in [0.3, 0.4) is 0 Å². The lowest BCUT2D eigenvalue weighted by Crippen LogP contribution is -2.14. The van der Waals surface area contributed by atoms with Crippen molar-refractivity contribution in [1.29, 1.82) is 0 Å². The summed E-state index contributed by atoms with van der Waals surface area (Å²) < 4.78 is 0. The van der Waals surface area contributed by atoms with Gasteiger partial charge in [0.05, 0.1) is 0 Å². The molecule has 1 aromatic carbocycles. The van der Waals surface area contributed by atoms with Gasteiger partial charge in [-0.05, 0) is 13.8 Å². The van der Waals surface area contributed by atoms with Gasteiger partial charge < -0.3 is 20.2 Å². The highest BCUT2D eigenvalue weighted by atomic mass is 16.3. The van der Waals surface area contributed by atoms with Gasteiger partial charge in [0, 0.05) is 0 Å². The van der Waals surface area contributed by atoms with Crippen molar-refractivity contribution >= 4 is 21.8 Å². The minimum atomic E-state index is -0.609. The van der Waals surface area contributed by atoms with E-state index < -0.39 is 22.6 Å². The Hall–Kier alpha value is -2.90. The van der Waals surface area contributed by atoms with E-state index in [1.54, 1.807) is 0 Å². The molecule has 0 unspecified atom stereocenters. The summed E-state index contributed by atoms with van der Waals surface area (Å²) in [5.41, 5.74) is -1.48. The number of aromatic hydroxyl groups is 2. The summed E-state index contributed by atoms with van der Waals surface area (Å²) in [6.45, 7) is 3.05. The zero-order valence-electron chi connectivity index (χ0n) is 10.6. The summed E-state index contributed by atoms with van der Waals surface area (Å²) in [5, 5.41) is 19.9. The number of nitrogens with zero attached hydrogens (tertiary/aromatic N) is 2. The number of aromatic amines is 2. The van der Waals surface area contributed by atoms with Crippen molar-refractivity contribution < 1.29 is 10.2 Å². The van der Waals surface area contributed by atoms with Gasteiger partial charge >= 0.3 is 0 Å². The van der Waals surface area contributed by atoms with E-state index in [9.17, 15) is 19.8 Å². The van der Waals surface area contributed by atoms with Gasteiger partial charge in [0.1, 0.15) is 33.5 Å². The number of fused-ring (bicyclic) bond motifs is 2. The van der Waals surface area contributed by atoms with Crippen LogP contribution in [0.25, 0.3) is 21.8 Å². The summed E-state index contributed by atoms with van der Waals surface area (Å²) in [6.07, 6.45) is 0. The molecule has 3 rings (SSSR count). The predicted molar refractivity (Wildman–Crippen MR) is 71.1 cm³/mol. The second-order valence-corrected chi connectivity index (χ2v) is 4.45. The van der Waals surface area contributed by atoms with Crippen LogP contribution >= 0.6 is 0 Å². The molecule has 0 radical (unpaired) electrons. The first-order valence-corrected chi connectivity index (χ1v) is 5.75. The van der Waals surface area contributed by atoms with Crippen LogP contribution in [0.1, 0.15) is 11.6 Å². The van der Waals surface area contributed by atoms with Crippen molar-refractivity contribution in [2.45, 2.75) is 13.8 Å². The molecule has 0 bridgehead atoms. The number of hydrogen-bond donors (Lipinski definition) is 4. The standard InChI is InChI=1S/C12H10N4O4/c1-3-13-7-5(11(19)15-3)10(18)8-6(9(7)17)12(20)16-4(2)14-8/h17-18H,1-2H3,(H,13,15,19)(H,14,16,20). The van der Waals surface area contributed by atoms with Crippen LogP contribution in [0, 0.1) is 13.8 Å². The molecule has 0 spiro atoms. The number of benzene rings is 1. The van der Waals surface area contributed by atoms with Gasteiger partial charge in [0.2, 0.25) is 0 Å². The highest BCUT2D eigenvalue weighted by Crippen LogP contribution is 2.35. The average molecular weight is 274 g/mol. The first kappa shape index (κ1) is 12.2. The van der Waals surface area contributed by atoms with E-state index in [1.165, 1.54) is 13.8 Å². The van der Waals surface area contributed by atoms with Gasteiger partial charge in [-0.3, -0.25) is 9.59 Å². The molecule has 4 N–H and O–H groups in total. The molecule has 8 heteroatoms. The quantitative estimate of drug-likeness (QED) is 0.341. The van der Waals surface area contributed by atoms with Crippen molar-refractivity contribution in [2.75, 3.05) is 0 Å². The molecule has 0 saturated heterocycles. The van der Waals surface area contributed by atoms with E-state index in [0.717, 1.165) is 0 Å². The number of nitrogens with one attached hydrogen (secondary N) is 2. The fourth-order valence-electron chi connectivity index (χ4n) is 2.19. The van der Waals surface area contributed by atoms with Crippen LogP contribution in [0.5, 0.6) is 11.5 Å². The highest BCUT2D eigenvalue weighted by Gasteiger charge is 2.20. The highest BCUT2D eigenvalue weighted by molar-refractivity contribution is 6.06. The minimum absolute atomic E-state index is 0.132. The molecule has 3 aromatic rings. The zero-order chi connectivity index (χ0) is 14.6. The van der Waals surface area contributed by atoms with Crippen LogP contribution in [0.15, 0.2) is 9.59 Å². The van der Waals surface area contributed by atoms with Crippen LogP contribution in [0.2, 0.25) is 0 Å². The Bertz CT molecular complexity index is 905. The van der Waals surface area contributed by atoms with Gasteiger partial charge in [0.25, 0.3) is 11.1 Å². The maximum absolute atomic E-state index is 11.9. The Labute approximate surface area is 110 Å². The van der Waals surface area contributed by atoms with Crippen molar-refractivity contribution in [3.8, 4) is 11.5 Å². The third-order valence-corrected chi connectivity index (χ3v) is 3.00. The summed E-state index contributed by atoms with van der Waals surface area (Å²) >= 11 is 0. The van der Waals surface area contributed by atoms with Crippen LogP contribution in [-0.2, 0) is 0 Å². The number of hydrogen-bond acceptors (Lipinski definition) is 6. The molecule has 0 amide bonds. The number of phenols is 2. The molecule has 2 aromatic heterocycles. The topological polar surface area (TPSA) is 132 Å². The maximum atomic E-state index is 11.9. The number of rotatable bonds is 0. The van der Waals surface area contributed by atoms with Crippen molar-refractivity contribution in [2.24, 2.45) is 0 Å². The molecule has 0 saturated carbocycles. The smallest absolute Gasteiger partial charge is 0.262 e. The SMILES string of the molecule is Cc1nc2c(O)c3c(=O)[nH]c(C)nc3c(O)c2c(=O)[nH]1. The predicted octanol–water partition coefficient (Wildman–Crippen LogP) is 0.188. The third kappa shape index (κ3) is 1.48. The van der Waals surface area contributed by atoms with E-state index in [2.05, 4.69) is 19.9 Å². The number of H-pyrrole nitrogens is 2. The second-order valence-electron chi connectivity index (χ2n) is 4.45. The maximum Gasteiger partial charge on any atom is 0.262 e. The van der Waals surface area contributed by atoms with Gasteiger partial charge in [-0.15, -0.1) is 0 Å². The van der Waals surface area contributed by atoms with Gasteiger partial charge in [0.15, 0.2) is 11.5 Å². The Kier molecular flexibility index (Phi) is 2.31. The third-order valence-electron chi connectivity index (χ3n) is 3.00. The zero-order valence-corrected chi connectivity index (χ0v) is 10.6. The Balaban J connectivity index is 2.76. The summed E-state index contributed by atoms with van der Waals surface area (Å²) in [4.78, 5) is 36.6. The van der Waals surface area contributed by atoms with Crippen molar-refractivity contribution in [3.05, 3.63) is 32.4 Å². The number of aromatic nitrogens is 4. The normalized spacial score (nSPS) is 11.3. The molecule has 0 atom stereocenters. The van der Waals surface area contributed by atoms with Gasteiger partial charge in [-0.2, -0.15) is 0 Å². The fraction of sp³-hybridized carbons (Fsp3) is 0.167. The molecule has 0 fully saturated rings. The molecular formula is C12H10N4O4. The lowest BCUT2D eigenvalue weighted by molar-refractivity contribution is 0.475.